The Bertz CT molecular complexity index is 252. The molecule has 0 aliphatic carbocycles. The van der Waals surface area contributed by atoms with Gasteiger partial charge in [0.25, 0.3) is 0 Å². The fourth-order valence-electron chi connectivity index (χ4n) is 1.43. The van der Waals surface area contributed by atoms with Gasteiger partial charge in [0.15, 0.2) is 0 Å². The molecule has 6 heteroatoms. The molecule has 0 aromatic rings. The van der Waals surface area contributed by atoms with E-state index in [1.54, 1.807) is 13.8 Å². The third-order valence-electron chi connectivity index (χ3n) is 2.71. The molecule has 6 nitrogen and oxygen atoms in total. The molecule has 100 valence electrons. The summed E-state index contributed by atoms with van der Waals surface area (Å²) in [5.41, 5.74) is -1.18. The first kappa shape index (κ1) is 15.7. The number of carbonyl (C=O) groups is 2. The summed E-state index contributed by atoms with van der Waals surface area (Å²) in [6, 6.07) is -0.476. The van der Waals surface area contributed by atoms with Gasteiger partial charge in [-0.3, -0.25) is 0 Å². The van der Waals surface area contributed by atoms with Gasteiger partial charge in [-0.05, 0) is 19.8 Å². The van der Waals surface area contributed by atoms with Gasteiger partial charge in [0.05, 0.1) is 6.61 Å². The smallest absolute Gasteiger partial charge is 0.329 e. The van der Waals surface area contributed by atoms with Crippen molar-refractivity contribution < 1.29 is 19.4 Å². The topological polar surface area (TPSA) is 87.7 Å². The van der Waals surface area contributed by atoms with Crippen molar-refractivity contribution in [3.8, 4) is 0 Å². The predicted molar refractivity (Wildman–Crippen MR) is 64.0 cm³/mol. The quantitative estimate of drug-likeness (QED) is 0.557. The summed E-state index contributed by atoms with van der Waals surface area (Å²) in [5.74, 6) is -1.01. The highest BCUT2D eigenvalue weighted by atomic mass is 16.5. The highest BCUT2D eigenvalue weighted by Gasteiger charge is 2.36. The molecular weight excluding hydrogens is 224 g/mol. The summed E-state index contributed by atoms with van der Waals surface area (Å²) in [5, 5.41) is 14.2. The lowest BCUT2D eigenvalue weighted by atomic mass is 9.93. The fourth-order valence-corrected chi connectivity index (χ4v) is 1.43. The van der Waals surface area contributed by atoms with Gasteiger partial charge >= 0.3 is 12.0 Å². The summed E-state index contributed by atoms with van der Waals surface area (Å²) >= 11 is 0. The number of carboxylic acids is 1. The van der Waals surface area contributed by atoms with Crippen LogP contribution in [0.4, 0.5) is 4.79 Å². The molecule has 0 heterocycles. The molecule has 3 N–H and O–H groups in total. The Morgan fingerprint density at radius 1 is 1.24 bits per heavy atom. The maximum Gasteiger partial charge on any atom is 0.329 e. The number of rotatable bonds is 8. The third-order valence-corrected chi connectivity index (χ3v) is 2.71. The van der Waals surface area contributed by atoms with Gasteiger partial charge in [0, 0.05) is 13.2 Å². The summed E-state index contributed by atoms with van der Waals surface area (Å²) in [7, 11) is 0. The molecular formula is C11H22N2O4. The Kier molecular flexibility index (Phi) is 7.29. The summed E-state index contributed by atoms with van der Waals surface area (Å²) in [6.07, 6.45) is 0.690. The first-order valence-electron chi connectivity index (χ1n) is 5.89. The molecule has 0 spiro atoms. The fraction of sp³-hybridized carbons (Fsp3) is 0.818. The number of urea groups is 1. The van der Waals surface area contributed by atoms with E-state index in [9.17, 15) is 9.59 Å². The first-order chi connectivity index (χ1) is 8.02. The van der Waals surface area contributed by atoms with Crippen molar-refractivity contribution in [3.05, 3.63) is 0 Å². The van der Waals surface area contributed by atoms with Gasteiger partial charge in [-0.25, -0.2) is 9.59 Å². The van der Waals surface area contributed by atoms with E-state index in [0.717, 1.165) is 0 Å². The lowest BCUT2D eigenvalue weighted by Gasteiger charge is -2.28. The number of hydrogen-bond donors (Lipinski definition) is 3. The Balaban J connectivity index is 4.18. The number of carbonyl (C=O) groups excluding carboxylic acids is 1. The molecule has 0 atom stereocenters. The molecule has 0 fully saturated rings. The van der Waals surface area contributed by atoms with E-state index in [2.05, 4.69) is 10.6 Å². The number of hydrogen-bond acceptors (Lipinski definition) is 3. The van der Waals surface area contributed by atoms with Gasteiger partial charge in [-0.1, -0.05) is 13.8 Å². The van der Waals surface area contributed by atoms with E-state index in [4.69, 9.17) is 9.84 Å². The second-order valence-corrected chi connectivity index (χ2v) is 3.67. The van der Waals surface area contributed by atoms with Gasteiger partial charge in [0.2, 0.25) is 0 Å². The maximum atomic E-state index is 11.5. The van der Waals surface area contributed by atoms with E-state index in [0.29, 0.717) is 32.6 Å². The second kappa shape index (κ2) is 7.89. The molecule has 0 rings (SSSR count). The summed E-state index contributed by atoms with van der Waals surface area (Å²) in [4.78, 5) is 22.6. The average molecular weight is 246 g/mol. The molecule has 0 aromatic carbocycles. The van der Waals surface area contributed by atoms with Gasteiger partial charge < -0.3 is 20.5 Å². The zero-order valence-corrected chi connectivity index (χ0v) is 10.7. The molecule has 2 amide bonds. The van der Waals surface area contributed by atoms with Crippen LogP contribution in [0.3, 0.4) is 0 Å². The normalized spacial score (nSPS) is 11.0. The number of aliphatic carboxylic acids is 1. The SMILES string of the molecule is CCOCCNC(=O)NC(CC)(CC)C(=O)O. The van der Waals surface area contributed by atoms with E-state index in [1.807, 2.05) is 6.92 Å². The number of carboxylic acid groups (broad SMARTS) is 1. The van der Waals surface area contributed by atoms with Crippen LogP contribution >= 0.6 is 0 Å². The zero-order chi connectivity index (χ0) is 13.3. The van der Waals surface area contributed by atoms with Gasteiger partial charge in [-0.2, -0.15) is 0 Å². The number of amides is 2. The van der Waals surface area contributed by atoms with Crippen LogP contribution in [-0.4, -0.2) is 42.4 Å². The molecule has 0 aliphatic heterocycles. The van der Waals surface area contributed by atoms with Crippen LogP contribution < -0.4 is 10.6 Å². The van der Waals surface area contributed by atoms with Crippen molar-refractivity contribution in [2.75, 3.05) is 19.8 Å². The van der Waals surface area contributed by atoms with Gasteiger partial charge in [0.1, 0.15) is 5.54 Å². The molecule has 0 aliphatic rings. The van der Waals surface area contributed by atoms with Crippen molar-refractivity contribution in [1.82, 2.24) is 10.6 Å². The Morgan fingerprint density at radius 2 is 1.82 bits per heavy atom. The van der Waals surface area contributed by atoms with Crippen molar-refractivity contribution in [3.63, 3.8) is 0 Å². The molecule has 0 aromatic heterocycles. The molecule has 0 radical (unpaired) electrons. The lowest BCUT2D eigenvalue weighted by Crippen LogP contribution is -2.56. The van der Waals surface area contributed by atoms with E-state index in [-0.39, 0.29) is 0 Å². The minimum Gasteiger partial charge on any atom is -0.480 e. The molecule has 0 saturated carbocycles. The second-order valence-electron chi connectivity index (χ2n) is 3.67. The first-order valence-corrected chi connectivity index (χ1v) is 5.89. The molecule has 0 bridgehead atoms. The Morgan fingerprint density at radius 3 is 2.24 bits per heavy atom. The van der Waals surface area contributed by atoms with Gasteiger partial charge in [-0.15, -0.1) is 0 Å². The summed E-state index contributed by atoms with van der Waals surface area (Å²) < 4.78 is 5.06. The highest BCUT2D eigenvalue weighted by molar-refractivity contribution is 5.86. The third kappa shape index (κ3) is 5.04. The maximum absolute atomic E-state index is 11.5. The molecule has 17 heavy (non-hydrogen) atoms. The van der Waals surface area contributed by atoms with Crippen LogP contribution in [0.1, 0.15) is 33.6 Å². The number of ether oxygens (including phenoxy) is 1. The minimum absolute atomic E-state index is 0.345. The predicted octanol–water partition coefficient (Wildman–Crippen LogP) is 0.965. The van der Waals surface area contributed by atoms with Crippen molar-refractivity contribution in [2.45, 2.75) is 39.2 Å². The van der Waals surface area contributed by atoms with Crippen molar-refractivity contribution in [1.29, 1.82) is 0 Å². The largest absolute Gasteiger partial charge is 0.480 e. The minimum atomic E-state index is -1.18. The van der Waals surface area contributed by atoms with Crippen LogP contribution in [0.5, 0.6) is 0 Å². The van der Waals surface area contributed by atoms with Crippen LogP contribution in [0.2, 0.25) is 0 Å². The van der Waals surface area contributed by atoms with Crippen LogP contribution in [0.25, 0.3) is 0 Å². The zero-order valence-electron chi connectivity index (χ0n) is 10.7. The van der Waals surface area contributed by atoms with Crippen LogP contribution in [0.15, 0.2) is 0 Å². The molecule has 0 unspecified atom stereocenters. The molecule has 0 saturated heterocycles. The van der Waals surface area contributed by atoms with E-state index >= 15 is 0 Å². The van der Waals surface area contributed by atoms with Crippen molar-refractivity contribution >= 4 is 12.0 Å². The van der Waals surface area contributed by atoms with Crippen LogP contribution in [0, 0.1) is 0 Å². The monoisotopic (exact) mass is 246 g/mol. The highest BCUT2D eigenvalue weighted by Crippen LogP contribution is 2.14. The van der Waals surface area contributed by atoms with E-state index < -0.39 is 17.5 Å². The lowest BCUT2D eigenvalue weighted by molar-refractivity contribution is -0.144. The van der Waals surface area contributed by atoms with Crippen LogP contribution in [-0.2, 0) is 9.53 Å². The average Bonchev–Trinajstić information content (AvgIpc) is 2.31. The Hall–Kier alpha value is -1.30. The summed E-state index contributed by atoms with van der Waals surface area (Å²) in [6.45, 7) is 6.71. The standard InChI is InChI=1S/C11H22N2O4/c1-4-11(5-2,9(14)15)13-10(16)12-7-8-17-6-3/h4-8H2,1-3H3,(H,14,15)(H2,12,13,16). The number of nitrogens with one attached hydrogen (secondary N) is 2. The van der Waals surface area contributed by atoms with Crippen molar-refractivity contribution in [2.24, 2.45) is 0 Å². The van der Waals surface area contributed by atoms with E-state index in [1.165, 1.54) is 0 Å². The Labute approximate surface area is 102 Å².